The van der Waals surface area contributed by atoms with Crippen molar-refractivity contribution < 1.29 is 14.0 Å². The van der Waals surface area contributed by atoms with Crippen LogP contribution in [-0.2, 0) is 22.6 Å². The maximum atomic E-state index is 13.2. The Morgan fingerprint density at radius 3 is 2.22 bits per heavy atom. The van der Waals surface area contributed by atoms with E-state index in [1.54, 1.807) is 24.1 Å². The number of rotatable bonds is 7. The van der Waals surface area contributed by atoms with Crippen LogP contribution in [0, 0.1) is 19.7 Å². The highest BCUT2D eigenvalue weighted by molar-refractivity contribution is 5.88. The maximum Gasteiger partial charge on any atom is 0.242 e. The van der Waals surface area contributed by atoms with Crippen LogP contribution in [0.5, 0.6) is 0 Å². The molecule has 2 aromatic carbocycles. The molecule has 0 bridgehead atoms. The van der Waals surface area contributed by atoms with E-state index in [-0.39, 0.29) is 30.6 Å². The third-order valence-electron chi connectivity index (χ3n) is 4.83. The molecule has 0 fully saturated rings. The first-order valence-electron chi connectivity index (χ1n) is 9.17. The molecular weight excluding hydrogens is 343 g/mol. The molecule has 0 saturated carbocycles. The number of carbonyl (C=O) groups is 2. The Morgan fingerprint density at radius 1 is 1.04 bits per heavy atom. The number of nitrogens with zero attached hydrogens (tertiary/aromatic N) is 1. The van der Waals surface area contributed by atoms with Crippen LogP contribution in [0.25, 0.3) is 0 Å². The van der Waals surface area contributed by atoms with Crippen molar-refractivity contribution in [2.45, 2.75) is 46.2 Å². The van der Waals surface area contributed by atoms with Gasteiger partial charge in [-0.3, -0.25) is 9.59 Å². The van der Waals surface area contributed by atoms with Gasteiger partial charge in [0.2, 0.25) is 11.8 Å². The smallest absolute Gasteiger partial charge is 0.242 e. The first-order chi connectivity index (χ1) is 12.8. The Balaban J connectivity index is 2.28. The lowest BCUT2D eigenvalue weighted by Gasteiger charge is -2.30. The number of hydrogen-bond acceptors (Lipinski definition) is 2. The lowest BCUT2D eigenvalue weighted by molar-refractivity contribution is -0.140. The molecule has 0 aliphatic heterocycles. The van der Waals surface area contributed by atoms with Gasteiger partial charge in [-0.05, 0) is 54.7 Å². The van der Waals surface area contributed by atoms with Crippen LogP contribution < -0.4 is 5.32 Å². The lowest BCUT2D eigenvalue weighted by Crippen LogP contribution is -2.48. The maximum absolute atomic E-state index is 13.2. The fourth-order valence-corrected chi connectivity index (χ4v) is 3.06. The first-order valence-corrected chi connectivity index (χ1v) is 9.17. The largest absolute Gasteiger partial charge is 0.357 e. The van der Waals surface area contributed by atoms with Crippen LogP contribution in [0.1, 0.15) is 35.6 Å². The third-order valence-corrected chi connectivity index (χ3v) is 4.83. The summed E-state index contributed by atoms with van der Waals surface area (Å²) in [5, 5.41) is 2.63. The molecular formula is C22H27FN2O2. The number of halogens is 1. The number of benzene rings is 2. The van der Waals surface area contributed by atoms with Crippen molar-refractivity contribution in [1.82, 2.24) is 10.2 Å². The number of aryl methyl sites for hydroxylation is 2. The highest BCUT2D eigenvalue weighted by Gasteiger charge is 2.28. The van der Waals surface area contributed by atoms with E-state index in [2.05, 4.69) is 5.32 Å². The van der Waals surface area contributed by atoms with Gasteiger partial charge in [0.15, 0.2) is 0 Å². The Morgan fingerprint density at radius 2 is 1.67 bits per heavy atom. The average Bonchev–Trinajstić information content (AvgIpc) is 2.65. The Kier molecular flexibility index (Phi) is 7.11. The van der Waals surface area contributed by atoms with Gasteiger partial charge in [0.05, 0.1) is 6.42 Å². The summed E-state index contributed by atoms with van der Waals surface area (Å²) in [5.41, 5.74) is 4.00. The highest BCUT2D eigenvalue weighted by Crippen LogP contribution is 2.16. The zero-order valence-electron chi connectivity index (χ0n) is 16.4. The zero-order chi connectivity index (χ0) is 20.0. The molecule has 2 aromatic rings. The molecule has 0 spiro atoms. The average molecular weight is 370 g/mol. The molecule has 27 heavy (non-hydrogen) atoms. The summed E-state index contributed by atoms with van der Waals surface area (Å²) in [6.45, 7) is 6.18. The molecule has 0 heterocycles. The van der Waals surface area contributed by atoms with Crippen molar-refractivity contribution in [3.63, 3.8) is 0 Å². The summed E-state index contributed by atoms with van der Waals surface area (Å²) in [4.78, 5) is 27.0. The SMILES string of the molecule is CC[C@H](C(=O)NC)N(Cc1ccc(F)cc1)C(=O)Cc1ccc(C)c(C)c1. The molecule has 0 radical (unpaired) electrons. The van der Waals surface area contributed by atoms with E-state index in [0.29, 0.717) is 6.42 Å². The topological polar surface area (TPSA) is 49.4 Å². The molecule has 4 nitrogen and oxygen atoms in total. The van der Waals surface area contributed by atoms with Crippen LogP contribution in [0.2, 0.25) is 0 Å². The minimum atomic E-state index is -0.570. The van der Waals surface area contributed by atoms with Gasteiger partial charge in [-0.1, -0.05) is 37.3 Å². The molecule has 0 saturated heterocycles. The van der Waals surface area contributed by atoms with E-state index in [9.17, 15) is 14.0 Å². The van der Waals surface area contributed by atoms with Crippen LogP contribution in [-0.4, -0.2) is 29.8 Å². The van der Waals surface area contributed by atoms with E-state index >= 15 is 0 Å². The lowest BCUT2D eigenvalue weighted by atomic mass is 10.0. The van der Waals surface area contributed by atoms with Crippen LogP contribution in [0.15, 0.2) is 42.5 Å². The van der Waals surface area contributed by atoms with Crippen molar-refractivity contribution in [2.24, 2.45) is 0 Å². The summed E-state index contributed by atoms with van der Waals surface area (Å²) < 4.78 is 13.2. The van der Waals surface area contributed by atoms with Gasteiger partial charge in [-0.2, -0.15) is 0 Å². The minimum absolute atomic E-state index is 0.127. The Bertz CT molecular complexity index is 802. The molecule has 1 atom stereocenters. The summed E-state index contributed by atoms with van der Waals surface area (Å²) in [5.74, 6) is -0.656. The molecule has 2 amide bonds. The van der Waals surface area contributed by atoms with Crippen molar-refractivity contribution in [2.75, 3.05) is 7.05 Å². The van der Waals surface area contributed by atoms with Gasteiger partial charge in [0.25, 0.3) is 0 Å². The third kappa shape index (κ3) is 5.39. The second-order valence-corrected chi connectivity index (χ2v) is 6.78. The Hall–Kier alpha value is -2.69. The van der Waals surface area contributed by atoms with Gasteiger partial charge in [-0.15, -0.1) is 0 Å². The fraction of sp³-hybridized carbons (Fsp3) is 0.364. The van der Waals surface area contributed by atoms with Crippen LogP contribution >= 0.6 is 0 Å². The number of amides is 2. The predicted molar refractivity (Wildman–Crippen MR) is 105 cm³/mol. The van der Waals surface area contributed by atoms with Gasteiger partial charge in [-0.25, -0.2) is 4.39 Å². The van der Waals surface area contributed by atoms with E-state index < -0.39 is 6.04 Å². The fourth-order valence-electron chi connectivity index (χ4n) is 3.06. The monoisotopic (exact) mass is 370 g/mol. The molecule has 1 N–H and O–H groups in total. The van der Waals surface area contributed by atoms with Gasteiger partial charge < -0.3 is 10.2 Å². The van der Waals surface area contributed by atoms with E-state index in [4.69, 9.17) is 0 Å². The standard InChI is InChI=1S/C22H27FN2O2/c1-5-20(22(27)24-4)25(14-17-8-10-19(23)11-9-17)21(26)13-18-7-6-15(2)16(3)12-18/h6-12,20H,5,13-14H2,1-4H3,(H,24,27)/t20-/m1/s1. The number of nitrogens with one attached hydrogen (secondary N) is 1. The van der Waals surface area contributed by atoms with Crippen molar-refractivity contribution in [1.29, 1.82) is 0 Å². The highest BCUT2D eigenvalue weighted by atomic mass is 19.1. The van der Waals surface area contributed by atoms with Crippen molar-refractivity contribution in [3.8, 4) is 0 Å². The minimum Gasteiger partial charge on any atom is -0.357 e. The van der Waals surface area contributed by atoms with Gasteiger partial charge in [0.1, 0.15) is 11.9 Å². The molecule has 5 heteroatoms. The first kappa shape index (κ1) is 20.6. The van der Waals surface area contributed by atoms with Crippen molar-refractivity contribution >= 4 is 11.8 Å². The summed E-state index contributed by atoms with van der Waals surface area (Å²) in [6.07, 6.45) is 0.718. The zero-order valence-corrected chi connectivity index (χ0v) is 16.4. The Labute approximate surface area is 160 Å². The molecule has 0 aliphatic rings. The normalized spacial score (nSPS) is 11.7. The van der Waals surface area contributed by atoms with Crippen molar-refractivity contribution in [3.05, 3.63) is 70.5 Å². The van der Waals surface area contributed by atoms with Crippen LogP contribution in [0.3, 0.4) is 0 Å². The summed E-state index contributed by atoms with van der Waals surface area (Å²) in [7, 11) is 1.56. The van der Waals surface area contributed by atoms with Crippen LogP contribution in [0.4, 0.5) is 4.39 Å². The molecule has 0 aromatic heterocycles. The molecule has 144 valence electrons. The van der Waals surface area contributed by atoms with E-state index in [1.807, 2.05) is 39.0 Å². The number of carbonyl (C=O) groups excluding carboxylic acids is 2. The number of likely N-dealkylation sites (N-methyl/N-ethyl adjacent to an activating group) is 1. The molecule has 2 rings (SSSR count). The summed E-state index contributed by atoms with van der Waals surface area (Å²) in [6, 6.07) is 11.4. The molecule has 0 aliphatic carbocycles. The predicted octanol–water partition coefficient (Wildman–Crippen LogP) is 3.54. The number of hydrogen-bond donors (Lipinski definition) is 1. The quantitative estimate of drug-likeness (QED) is 0.810. The molecule has 0 unspecified atom stereocenters. The second-order valence-electron chi connectivity index (χ2n) is 6.78. The van der Waals surface area contributed by atoms with E-state index in [1.165, 1.54) is 17.7 Å². The summed E-state index contributed by atoms with van der Waals surface area (Å²) >= 11 is 0. The second kappa shape index (κ2) is 9.31. The van der Waals surface area contributed by atoms with Gasteiger partial charge >= 0.3 is 0 Å². The van der Waals surface area contributed by atoms with Gasteiger partial charge in [0, 0.05) is 13.6 Å². The van der Waals surface area contributed by atoms with E-state index in [0.717, 1.165) is 16.7 Å².